The third-order valence-electron chi connectivity index (χ3n) is 4.85. The Morgan fingerprint density at radius 1 is 1.18 bits per heavy atom. The Balaban J connectivity index is 0.00000280. The second-order valence-corrected chi connectivity index (χ2v) is 6.99. The fraction of sp³-hybridized carbons (Fsp3) is 0.429. The molecular weight excluding hydrogens is 463 g/mol. The number of nitrogens with one attached hydrogen (secondary N) is 3. The molecule has 0 unspecified atom stereocenters. The summed E-state index contributed by atoms with van der Waals surface area (Å²) < 4.78 is 2.06. The first-order valence-electron chi connectivity index (χ1n) is 9.59. The Morgan fingerprint density at radius 2 is 1.96 bits per heavy atom. The Labute approximate surface area is 184 Å². The molecule has 0 aliphatic carbocycles. The number of rotatable bonds is 7. The smallest absolute Gasteiger partial charge is 0.190 e. The van der Waals surface area contributed by atoms with Gasteiger partial charge in [-0.2, -0.15) is 5.10 Å². The molecule has 0 aliphatic rings. The molecule has 0 saturated heterocycles. The topological polar surface area (TPSA) is 70.0 Å². The number of H-pyrrole nitrogens is 1. The summed E-state index contributed by atoms with van der Waals surface area (Å²) in [6, 6.07) is 8.49. The maximum absolute atomic E-state index is 4.50. The molecule has 0 spiro atoms. The van der Waals surface area contributed by atoms with Crippen LogP contribution < -0.4 is 10.6 Å². The molecule has 1 aromatic carbocycles. The largest absolute Gasteiger partial charge is 0.361 e. The van der Waals surface area contributed by atoms with Crippen LogP contribution in [0.15, 0.2) is 35.5 Å². The molecule has 3 rings (SSSR count). The number of halogens is 1. The van der Waals surface area contributed by atoms with E-state index in [0.717, 1.165) is 44.1 Å². The zero-order valence-electron chi connectivity index (χ0n) is 17.2. The predicted octanol–water partition coefficient (Wildman–Crippen LogP) is 3.71. The van der Waals surface area contributed by atoms with Crippen molar-refractivity contribution in [3.8, 4) is 0 Å². The Morgan fingerprint density at radius 3 is 2.68 bits per heavy atom. The third-order valence-corrected chi connectivity index (χ3v) is 4.85. The number of aliphatic imine (C=N–C) groups is 1. The third kappa shape index (κ3) is 5.50. The molecule has 0 bridgehead atoms. The van der Waals surface area contributed by atoms with E-state index in [2.05, 4.69) is 74.7 Å². The van der Waals surface area contributed by atoms with Crippen molar-refractivity contribution in [2.24, 2.45) is 4.99 Å². The van der Waals surface area contributed by atoms with Crippen LogP contribution in [0, 0.1) is 20.8 Å². The van der Waals surface area contributed by atoms with Gasteiger partial charge in [0.1, 0.15) is 0 Å². The summed E-state index contributed by atoms with van der Waals surface area (Å²) in [5, 5.41) is 12.6. The highest BCUT2D eigenvalue weighted by molar-refractivity contribution is 14.0. The highest BCUT2D eigenvalue weighted by Crippen LogP contribution is 2.22. The van der Waals surface area contributed by atoms with E-state index >= 15 is 0 Å². The molecule has 0 amide bonds. The van der Waals surface area contributed by atoms with Crippen LogP contribution in [0.1, 0.15) is 28.9 Å². The molecule has 0 atom stereocenters. The summed E-state index contributed by atoms with van der Waals surface area (Å²) in [7, 11) is 1.81. The quantitative estimate of drug-likeness (QED) is 0.203. The molecule has 0 saturated carbocycles. The molecule has 0 aliphatic heterocycles. The van der Waals surface area contributed by atoms with Crippen molar-refractivity contribution in [3.63, 3.8) is 0 Å². The van der Waals surface area contributed by atoms with E-state index in [1.807, 2.05) is 14.0 Å². The number of benzene rings is 1. The van der Waals surface area contributed by atoms with Gasteiger partial charge in [-0.1, -0.05) is 12.1 Å². The highest BCUT2D eigenvalue weighted by Gasteiger charge is 2.06. The van der Waals surface area contributed by atoms with E-state index in [4.69, 9.17) is 0 Å². The maximum atomic E-state index is 4.50. The van der Waals surface area contributed by atoms with Gasteiger partial charge in [-0.05, 0) is 56.9 Å². The fourth-order valence-electron chi connectivity index (χ4n) is 3.52. The van der Waals surface area contributed by atoms with Crippen LogP contribution in [0.3, 0.4) is 0 Å². The Bertz CT molecular complexity index is 924. The second kappa shape index (κ2) is 10.5. The van der Waals surface area contributed by atoms with Crippen molar-refractivity contribution in [1.82, 2.24) is 25.4 Å². The first-order chi connectivity index (χ1) is 13.1. The Hall–Kier alpha value is -2.03. The molecule has 3 aromatic rings. The van der Waals surface area contributed by atoms with Crippen LogP contribution in [0.4, 0.5) is 0 Å². The van der Waals surface area contributed by atoms with Crippen LogP contribution in [0.5, 0.6) is 0 Å². The van der Waals surface area contributed by atoms with Crippen molar-refractivity contribution in [2.75, 3.05) is 20.1 Å². The number of aromatic nitrogens is 3. The van der Waals surface area contributed by atoms with Crippen LogP contribution in [-0.4, -0.2) is 40.9 Å². The van der Waals surface area contributed by atoms with Crippen LogP contribution in [0.25, 0.3) is 10.9 Å². The standard InChI is InChI=1S/C21H30N6.HI/c1-15-7-5-8-19-20(15)18(14-25-19)9-11-24-21(22-4)23-10-6-12-27-17(3)13-16(2)26-27;/h5,7-8,13-14,25H,6,9-12H2,1-4H3,(H2,22,23,24);1H. The van der Waals surface area contributed by atoms with E-state index in [9.17, 15) is 0 Å². The molecule has 3 N–H and O–H groups in total. The lowest BCUT2D eigenvalue weighted by Gasteiger charge is -2.12. The summed E-state index contributed by atoms with van der Waals surface area (Å²) >= 11 is 0. The zero-order chi connectivity index (χ0) is 19.2. The second-order valence-electron chi connectivity index (χ2n) is 6.99. The normalized spacial score (nSPS) is 11.5. The number of nitrogens with zero attached hydrogens (tertiary/aromatic N) is 3. The first kappa shape index (κ1) is 22.3. The molecule has 2 aromatic heterocycles. The molecule has 152 valence electrons. The highest BCUT2D eigenvalue weighted by atomic mass is 127. The van der Waals surface area contributed by atoms with Crippen molar-refractivity contribution >= 4 is 40.8 Å². The molecule has 7 heteroatoms. The lowest BCUT2D eigenvalue weighted by atomic mass is 10.1. The number of hydrogen-bond acceptors (Lipinski definition) is 2. The van der Waals surface area contributed by atoms with Gasteiger partial charge < -0.3 is 15.6 Å². The lowest BCUT2D eigenvalue weighted by Crippen LogP contribution is -2.39. The van der Waals surface area contributed by atoms with Gasteiger partial charge in [0.2, 0.25) is 0 Å². The molecular formula is C21H31IN6. The molecule has 2 heterocycles. The minimum atomic E-state index is 0. The molecule has 0 fully saturated rings. The number of hydrogen-bond donors (Lipinski definition) is 3. The van der Waals surface area contributed by atoms with Gasteiger partial charge in [-0.25, -0.2) is 0 Å². The van der Waals surface area contributed by atoms with Crippen LogP contribution in [0.2, 0.25) is 0 Å². The molecule has 0 radical (unpaired) electrons. The minimum absolute atomic E-state index is 0. The van der Waals surface area contributed by atoms with Gasteiger partial charge in [0.25, 0.3) is 0 Å². The van der Waals surface area contributed by atoms with Crippen LogP contribution in [-0.2, 0) is 13.0 Å². The molecule has 28 heavy (non-hydrogen) atoms. The van der Waals surface area contributed by atoms with Gasteiger partial charge >= 0.3 is 0 Å². The first-order valence-corrected chi connectivity index (χ1v) is 9.59. The van der Waals surface area contributed by atoms with Gasteiger partial charge in [0.15, 0.2) is 5.96 Å². The van der Waals surface area contributed by atoms with E-state index in [-0.39, 0.29) is 24.0 Å². The molecule has 6 nitrogen and oxygen atoms in total. The summed E-state index contributed by atoms with van der Waals surface area (Å²) in [6.07, 6.45) is 4.07. The van der Waals surface area contributed by atoms with E-state index in [1.165, 1.54) is 27.7 Å². The average molecular weight is 494 g/mol. The van der Waals surface area contributed by atoms with Crippen molar-refractivity contribution < 1.29 is 0 Å². The number of aromatic amines is 1. The van der Waals surface area contributed by atoms with E-state index in [0.29, 0.717) is 0 Å². The summed E-state index contributed by atoms with van der Waals surface area (Å²) in [5.41, 5.74) is 6.15. The minimum Gasteiger partial charge on any atom is -0.361 e. The predicted molar refractivity (Wildman–Crippen MR) is 128 cm³/mol. The van der Waals surface area contributed by atoms with Crippen LogP contribution >= 0.6 is 24.0 Å². The summed E-state index contributed by atoms with van der Waals surface area (Å²) in [6.45, 7) is 8.92. The number of aryl methyl sites for hydroxylation is 4. The van der Waals surface area contributed by atoms with Crippen molar-refractivity contribution in [3.05, 3.63) is 53.0 Å². The summed E-state index contributed by atoms with van der Waals surface area (Å²) in [5.74, 6) is 0.847. The fourth-order valence-corrected chi connectivity index (χ4v) is 3.52. The van der Waals surface area contributed by atoms with Crippen molar-refractivity contribution in [1.29, 1.82) is 0 Å². The van der Waals surface area contributed by atoms with Gasteiger partial charge in [0, 0.05) is 49.5 Å². The van der Waals surface area contributed by atoms with E-state index < -0.39 is 0 Å². The number of fused-ring (bicyclic) bond motifs is 1. The Kier molecular flexibility index (Phi) is 8.35. The zero-order valence-corrected chi connectivity index (χ0v) is 19.5. The van der Waals surface area contributed by atoms with Gasteiger partial charge in [-0.15, -0.1) is 24.0 Å². The van der Waals surface area contributed by atoms with Gasteiger partial charge in [0.05, 0.1) is 5.69 Å². The SMILES string of the molecule is CN=C(NCCCn1nc(C)cc1C)NCCc1c[nH]c2cccc(C)c12.I. The van der Waals surface area contributed by atoms with Gasteiger partial charge in [-0.3, -0.25) is 9.67 Å². The summed E-state index contributed by atoms with van der Waals surface area (Å²) in [4.78, 5) is 7.68. The van der Waals surface area contributed by atoms with Crippen molar-refractivity contribution in [2.45, 2.75) is 40.2 Å². The monoisotopic (exact) mass is 494 g/mol. The average Bonchev–Trinajstić information content (AvgIpc) is 3.20. The van der Waals surface area contributed by atoms with E-state index in [1.54, 1.807) is 0 Å². The maximum Gasteiger partial charge on any atom is 0.190 e. The number of guanidine groups is 1. The lowest BCUT2D eigenvalue weighted by molar-refractivity contribution is 0.555.